The summed E-state index contributed by atoms with van der Waals surface area (Å²) in [6, 6.07) is 0. The molecule has 0 aromatic carbocycles. The Morgan fingerprint density at radius 1 is 1.03 bits per heavy atom. The SMILES string of the molecule is C[C@]12CC[C@@H](O)C[C@H]1CC[C@@H]1[C@@H]2C(=O)C[C@@]2(C)[C@H]1CC[C@]2(O)C(=O)CO.[Cl-].[Cl-].[Cl-].[Cl-].[Zr+4]. The van der Waals surface area contributed by atoms with E-state index in [2.05, 4.69) is 6.92 Å². The monoisotopic (exact) mass is 594 g/mol. The van der Waals surface area contributed by atoms with Crippen LogP contribution in [0.5, 0.6) is 0 Å². The number of aliphatic hydroxyl groups excluding tert-OH is 2. The van der Waals surface area contributed by atoms with Crippen molar-refractivity contribution < 1.29 is 101 Å². The van der Waals surface area contributed by atoms with Gasteiger partial charge in [-0.1, -0.05) is 13.8 Å². The fraction of sp³-hybridized carbons (Fsp3) is 0.905. The molecular formula is C21H32Cl4O5Zr. The molecule has 0 amide bonds. The summed E-state index contributed by atoms with van der Waals surface area (Å²) in [5, 5.41) is 30.6. The molecule has 4 aliphatic rings. The van der Waals surface area contributed by atoms with E-state index in [1.807, 2.05) is 6.92 Å². The first-order valence-electron chi connectivity index (χ1n) is 10.2. The van der Waals surface area contributed by atoms with E-state index < -0.39 is 23.4 Å². The van der Waals surface area contributed by atoms with Crippen molar-refractivity contribution in [1.29, 1.82) is 0 Å². The van der Waals surface area contributed by atoms with Crippen molar-refractivity contribution in [3.63, 3.8) is 0 Å². The van der Waals surface area contributed by atoms with E-state index in [0.717, 1.165) is 38.5 Å². The summed E-state index contributed by atoms with van der Waals surface area (Å²) < 4.78 is 0. The van der Waals surface area contributed by atoms with Crippen LogP contribution in [-0.2, 0) is 35.8 Å². The van der Waals surface area contributed by atoms with E-state index in [1.165, 1.54) is 0 Å². The third-order valence-electron chi connectivity index (χ3n) is 9.08. The van der Waals surface area contributed by atoms with Gasteiger partial charge >= 0.3 is 26.2 Å². The van der Waals surface area contributed by atoms with Gasteiger partial charge in [-0.15, -0.1) is 0 Å². The fourth-order valence-corrected chi connectivity index (χ4v) is 7.64. The number of hydrogen-bond donors (Lipinski definition) is 3. The molecule has 4 rings (SSSR count). The zero-order chi connectivity index (χ0) is 18.9. The second kappa shape index (κ2) is 11.8. The van der Waals surface area contributed by atoms with Crippen molar-refractivity contribution in [2.45, 2.75) is 76.9 Å². The molecule has 0 aliphatic heterocycles. The number of aliphatic hydroxyl groups is 3. The van der Waals surface area contributed by atoms with Crippen LogP contribution in [0.25, 0.3) is 0 Å². The zero-order valence-corrected chi connectivity index (χ0v) is 23.4. The molecular weight excluding hydrogens is 565 g/mol. The van der Waals surface area contributed by atoms with Crippen LogP contribution < -0.4 is 49.6 Å². The zero-order valence-electron chi connectivity index (χ0n) is 17.9. The number of fused-ring (bicyclic) bond motifs is 5. The van der Waals surface area contributed by atoms with Crippen LogP contribution in [0.3, 0.4) is 0 Å². The molecule has 0 spiro atoms. The number of carbonyl (C=O) groups is 2. The summed E-state index contributed by atoms with van der Waals surface area (Å²) in [5.41, 5.74) is -2.40. The van der Waals surface area contributed by atoms with Crippen molar-refractivity contribution in [2.75, 3.05) is 6.61 Å². The Hall–Kier alpha value is 1.26. The van der Waals surface area contributed by atoms with Crippen molar-refractivity contribution in [2.24, 2.45) is 34.5 Å². The molecule has 178 valence electrons. The molecule has 10 heteroatoms. The van der Waals surface area contributed by atoms with Crippen LogP contribution in [0.15, 0.2) is 0 Å². The average molecular weight is 598 g/mol. The average Bonchev–Trinajstić information content (AvgIpc) is 2.86. The third kappa shape index (κ3) is 4.85. The third-order valence-corrected chi connectivity index (χ3v) is 9.08. The summed E-state index contributed by atoms with van der Waals surface area (Å²) in [4.78, 5) is 25.7. The van der Waals surface area contributed by atoms with Gasteiger partial charge in [-0.2, -0.15) is 0 Å². The first-order valence-corrected chi connectivity index (χ1v) is 10.2. The predicted octanol–water partition coefficient (Wildman–Crippen LogP) is -10.1. The maximum Gasteiger partial charge on any atom is 4.00 e. The van der Waals surface area contributed by atoms with Gasteiger partial charge in [-0.25, -0.2) is 0 Å². The number of rotatable bonds is 2. The Balaban J connectivity index is 0. The first-order chi connectivity index (χ1) is 12.2. The van der Waals surface area contributed by atoms with E-state index in [9.17, 15) is 24.9 Å². The van der Waals surface area contributed by atoms with Crippen LogP contribution in [0.1, 0.15) is 65.2 Å². The van der Waals surface area contributed by atoms with Crippen molar-refractivity contribution in [3.8, 4) is 0 Å². The van der Waals surface area contributed by atoms with Crippen LogP contribution in [0.2, 0.25) is 0 Å². The van der Waals surface area contributed by atoms with E-state index in [-0.39, 0.29) is 117 Å². The Bertz CT molecular complexity index is 655. The van der Waals surface area contributed by atoms with Crippen LogP contribution in [-0.4, -0.2) is 45.2 Å². The number of carbonyl (C=O) groups excluding carboxylic acids is 2. The summed E-state index contributed by atoms with van der Waals surface area (Å²) in [5.74, 6) is 0.380. The molecule has 0 bridgehead atoms. The quantitative estimate of drug-likeness (QED) is 0.294. The molecule has 0 radical (unpaired) electrons. The molecule has 0 unspecified atom stereocenters. The maximum absolute atomic E-state index is 13.4. The standard InChI is InChI=1S/C21H32O5.4ClH.Zr/c1-19-7-5-13(23)9-12(19)3-4-14-15-6-8-21(26,17(25)11-22)20(15,2)10-16(24)18(14)19;;;;;/h12-15,18,22-23,26H,3-11H2,1-2H3;4*1H;/q;;;;;+4/p-4/t12-,13-,14+,15+,18-,19+,20+,21+;;;;;/m1...../s1. The van der Waals surface area contributed by atoms with Crippen LogP contribution in [0, 0.1) is 34.5 Å². The van der Waals surface area contributed by atoms with Gasteiger partial charge in [0.05, 0.1) is 6.10 Å². The minimum Gasteiger partial charge on any atom is -1.00 e. The number of Topliss-reactive ketones (excluding diaryl/α,β-unsaturated/α-hetero) is 2. The Labute approximate surface area is 229 Å². The first kappa shape index (κ1) is 34.4. The van der Waals surface area contributed by atoms with Crippen LogP contribution in [0.4, 0.5) is 0 Å². The predicted molar refractivity (Wildman–Crippen MR) is 95.2 cm³/mol. The van der Waals surface area contributed by atoms with E-state index in [1.54, 1.807) is 0 Å². The Morgan fingerprint density at radius 2 is 1.65 bits per heavy atom. The molecule has 4 fully saturated rings. The second-order valence-corrected chi connectivity index (χ2v) is 10.00. The van der Waals surface area contributed by atoms with Gasteiger partial charge in [0.15, 0.2) is 5.78 Å². The van der Waals surface area contributed by atoms with Crippen molar-refractivity contribution in [1.82, 2.24) is 0 Å². The van der Waals surface area contributed by atoms with Crippen molar-refractivity contribution >= 4 is 11.6 Å². The summed E-state index contributed by atoms with van der Waals surface area (Å²) in [6.45, 7) is 3.46. The summed E-state index contributed by atoms with van der Waals surface area (Å²) in [7, 11) is 0. The molecule has 0 saturated heterocycles. The maximum atomic E-state index is 13.4. The Morgan fingerprint density at radius 3 is 2.23 bits per heavy atom. The smallest absolute Gasteiger partial charge is 1.00 e. The van der Waals surface area contributed by atoms with Gasteiger partial charge in [-0.3, -0.25) is 9.59 Å². The Kier molecular flexibility index (Phi) is 13.1. The molecule has 0 aromatic heterocycles. The summed E-state index contributed by atoms with van der Waals surface area (Å²) >= 11 is 0. The fourth-order valence-electron chi connectivity index (χ4n) is 7.64. The number of halogens is 4. The molecule has 5 nitrogen and oxygen atoms in total. The van der Waals surface area contributed by atoms with E-state index >= 15 is 0 Å². The molecule has 4 saturated carbocycles. The van der Waals surface area contributed by atoms with E-state index in [4.69, 9.17) is 0 Å². The van der Waals surface area contributed by atoms with Crippen molar-refractivity contribution in [3.05, 3.63) is 0 Å². The second-order valence-electron chi connectivity index (χ2n) is 10.00. The molecule has 8 atom stereocenters. The van der Waals surface area contributed by atoms with Gasteiger partial charge in [-0.05, 0) is 68.1 Å². The molecule has 31 heavy (non-hydrogen) atoms. The molecule has 4 aliphatic carbocycles. The topological polar surface area (TPSA) is 94.8 Å². The van der Waals surface area contributed by atoms with Gasteiger partial charge in [0.2, 0.25) is 0 Å². The minimum absolute atomic E-state index is 0. The van der Waals surface area contributed by atoms with Crippen LogP contribution >= 0.6 is 0 Å². The van der Waals surface area contributed by atoms with Gasteiger partial charge in [0, 0.05) is 17.8 Å². The number of hydrogen-bond acceptors (Lipinski definition) is 5. The molecule has 0 heterocycles. The largest absolute Gasteiger partial charge is 4.00 e. The van der Waals surface area contributed by atoms with Gasteiger partial charge in [0.25, 0.3) is 0 Å². The van der Waals surface area contributed by atoms with Gasteiger partial charge < -0.3 is 64.9 Å². The van der Waals surface area contributed by atoms with E-state index in [0.29, 0.717) is 12.3 Å². The normalized spacial score (nSPS) is 44.9. The van der Waals surface area contributed by atoms with Gasteiger partial charge in [0.1, 0.15) is 18.0 Å². The minimum atomic E-state index is -1.58. The number of ketones is 2. The molecule has 0 aromatic rings. The summed E-state index contributed by atoms with van der Waals surface area (Å²) in [6.07, 6.45) is 5.47. The molecule has 3 N–H and O–H groups in total.